The first-order valence-electron chi connectivity index (χ1n) is 9.87. The van der Waals surface area contributed by atoms with Crippen LogP contribution in [0.2, 0.25) is 0 Å². The Hall–Kier alpha value is -1.60. The zero-order valence-electron chi connectivity index (χ0n) is 16.2. The summed E-state index contributed by atoms with van der Waals surface area (Å²) in [6.07, 6.45) is 7.03. The van der Waals surface area contributed by atoms with Crippen LogP contribution < -0.4 is 10.1 Å². The van der Waals surface area contributed by atoms with Crippen LogP contribution in [0.5, 0.6) is 5.75 Å². The van der Waals surface area contributed by atoms with E-state index in [1.54, 1.807) is 12.1 Å². The molecule has 1 aromatic carbocycles. The molecule has 1 N–H and O–H groups in total. The number of carbonyl (C=O) groups excluding carboxylic acids is 1. The van der Waals surface area contributed by atoms with Crippen molar-refractivity contribution in [2.75, 3.05) is 20.2 Å². The molecule has 7 heteroatoms. The summed E-state index contributed by atoms with van der Waals surface area (Å²) in [5.74, 6) is 0.0543. The van der Waals surface area contributed by atoms with Crippen LogP contribution in [0.3, 0.4) is 0 Å². The molecule has 1 saturated carbocycles. The fourth-order valence-electron chi connectivity index (χ4n) is 4.07. The van der Waals surface area contributed by atoms with Gasteiger partial charge in [0, 0.05) is 19.1 Å². The monoisotopic (exact) mass is 394 g/mol. The van der Waals surface area contributed by atoms with Gasteiger partial charge in [-0.2, -0.15) is 4.31 Å². The van der Waals surface area contributed by atoms with Gasteiger partial charge >= 0.3 is 0 Å². The number of rotatable bonds is 5. The summed E-state index contributed by atoms with van der Waals surface area (Å²) in [5.41, 5.74) is 0.859. The van der Waals surface area contributed by atoms with Crippen LogP contribution in [-0.2, 0) is 14.8 Å². The molecule has 1 saturated heterocycles. The average molecular weight is 395 g/mol. The number of sulfonamides is 1. The van der Waals surface area contributed by atoms with Crippen LogP contribution in [0.4, 0.5) is 0 Å². The fourth-order valence-corrected chi connectivity index (χ4v) is 5.83. The maximum absolute atomic E-state index is 13.2. The molecule has 2 fully saturated rings. The van der Waals surface area contributed by atoms with Gasteiger partial charge < -0.3 is 10.1 Å². The van der Waals surface area contributed by atoms with E-state index in [2.05, 4.69) is 5.32 Å². The zero-order valence-corrected chi connectivity index (χ0v) is 17.1. The fraction of sp³-hybridized carbons (Fsp3) is 0.650. The van der Waals surface area contributed by atoms with Crippen molar-refractivity contribution in [3.8, 4) is 5.75 Å². The lowest BCUT2D eigenvalue weighted by molar-refractivity contribution is -0.127. The van der Waals surface area contributed by atoms with Gasteiger partial charge in [-0.3, -0.25) is 4.79 Å². The van der Waals surface area contributed by atoms with Gasteiger partial charge in [0.05, 0.1) is 13.0 Å². The second kappa shape index (κ2) is 8.61. The van der Waals surface area contributed by atoms with Crippen LogP contribution in [0.1, 0.15) is 50.5 Å². The molecule has 0 radical (unpaired) electrons. The lowest BCUT2D eigenvalue weighted by Crippen LogP contribution is -2.47. The molecule has 0 unspecified atom stereocenters. The number of amides is 1. The van der Waals surface area contributed by atoms with E-state index in [1.165, 1.54) is 17.8 Å². The molecule has 1 heterocycles. The lowest BCUT2D eigenvalue weighted by Gasteiger charge is -2.33. The van der Waals surface area contributed by atoms with E-state index in [9.17, 15) is 13.2 Å². The number of ether oxygens (including phenoxy) is 1. The molecule has 0 bridgehead atoms. The SMILES string of the molecule is COc1ccc(C)cc1S(=O)(=O)N1CCC[C@@H](C(=O)NC2CCCCC2)C1. The van der Waals surface area contributed by atoms with E-state index < -0.39 is 10.0 Å². The molecule has 0 aromatic heterocycles. The van der Waals surface area contributed by atoms with Crippen molar-refractivity contribution in [3.05, 3.63) is 23.8 Å². The Morgan fingerprint density at radius 1 is 1.15 bits per heavy atom. The number of piperidine rings is 1. The Morgan fingerprint density at radius 2 is 1.89 bits per heavy atom. The predicted molar refractivity (Wildman–Crippen MR) is 104 cm³/mol. The first kappa shape index (κ1) is 20.1. The highest BCUT2D eigenvalue weighted by atomic mass is 32.2. The molecule has 1 amide bonds. The molecule has 3 rings (SSSR count). The minimum Gasteiger partial charge on any atom is -0.495 e. The van der Waals surface area contributed by atoms with Gasteiger partial charge in [0.2, 0.25) is 15.9 Å². The van der Waals surface area contributed by atoms with Crippen LogP contribution in [0, 0.1) is 12.8 Å². The third-order valence-corrected chi connectivity index (χ3v) is 7.53. The van der Waals surface area contributed by atoms with E-state index in [1.807, 2.05) is 13.0 Å². The highest BCUT2D eigenvalue weighted by Gasteiger charge is 2.35. The summed E-state index contributed by atoms with van der Waals surface area (Å²) < 4.78 is 33.1. The second-order valence-electron chi connectivity index (χ2n) is 7.70. The van der Waals surface area contributed by atoms with E-state index in [4.69, 9.17) is 4.74 Å². The van der Waals surface area contributed by atoms with Gasteiger partial charge in [0.15, 0.2) is 0 Å². The highest BCUT2D eigenvalue weighted by molar-refractivity contribution is 7.89. The number of carbonyl (C=O) groups is 1. The average Bonchev–Trinajstić information content (AvgIpc) is 2.69. The van der Waals surface area contributed by atoms with Gasteiger partial charge in [0.25, 0.3) is 0 Å². The van der Waals surface area contributed by atoms with Gasteiger partial charge in [-0.1, -0.05) is 25.3 Å². The summed E-state index contributed by atoms with van der Waals surface area (Å²) in [4.78, 5) is 12.9. The van der Waals surface area contributed by atoms with Crippen molar-refractivity contribution in [2.24, 2.45) is 5.92 Å². The van der Waals surface area contributed by atoms with Crippen LogP contribution >= 0.6 is 0 Å². The van der Waals surface area contributed by atoms with Crippen molar-refractivity contribution >= 4 is 15.9 Å². The molecular formula is C20H30N2O4S. The lowest BCUT2D eigenvalue weighted by atomic mass is 9.93. The molecule has 0 spiro atoms. The quantitative estimate of drug-likeness (QED) is 0.833. The van der Waals surface area contributed by atoms with Gasteiger partial charge in [-0.25, -0.2) is 8.42 Å². The third-order valence-electron chi connectivity index (χ3n) is 5.64. The Morgan fingerprint density at radius 3 is 2.59 bits per heavy atom. The maximum Gasteiger partial charge on any atom is 0.246 e. The van der Waals surface area contributed by atoms with E-state index >= 15 is 0 Å². The Kier molecular flexibility index (Phi) is 6.42. The van der Waals surface area contributed by atoms with E-state index in [0.29, 0.717) is 18.7 Å². The normalized spacial score (nSPS) is 22.4. The van der Waals surface area contributed by atoms with Gasteiger partial charge in [0.1, 0.15) is 10.6 Å². The largest absolute Gasteiger partial charge is 0.495 e. The van der Waals surface area contributed by atoms with E-state index in [-0.39, 0.29) is 29.3 Å². The first-order valence-corrected chi connectivity index (χ1v) is 11.3. The second-order valence-corrected chi connectivity index (χ2v) is 9.61. The molecule has 150 valence electrons. The molecular weight excluding hydrogens is 364 g/mol. The number of methoxy groups -OCH3 is 1. The zero-order chi connectivity index (χ0) is 19.4. The number of hydrogen-bond donors (Lipinski definition) is 1. The summed E-state index contributed by atoms with van der Waals surface area (Å²) in [6, 6.07) is 5.39. The Labute approximate surface area is 162 Å². The minimum absolute atomic E-state index is 0.00185. The van der Waals surface area contributed by atoms with Crippen LogP contribution in [-0.4, -0.2) is 44.9 Å². The van der Waals surface area contributed by atoms with Gasteiger partial charge in [-0.05, 0) is 50.3 Å². The number of hydrogen-bond acceptors (Lipinski definition) is 4. The summed E-state index contributed by atoms with van der Waals surface area (Å²) in [5, 5.41) is 3.15. The summed E-state index contributed by atoms with van der Waals surface area (Å²) in [6.45, 7) is 2.53. The molecule has 27 heavy (non-hydrogen) atoms. The van der Waals surface area contributed by atoms with Crippen LogP contribution in [0.15, 0.2) is 23.1 Å². The molecule has 1 atom stereocenters. The Bertz CT molecular complexity index is 772. The van der Waals surface area contributed by atoms with Crippen molar-refractivity contribution in [3.63, 3.8) is 0 Å². The predicted octanol–water partition coefficient (Wildman–Crippen LogP) is 2.85. The number of nitrogens with zero attached hydrogens (tertiary/aromatic N) is 1. The van der Waals surface area contributed by atoms with Crippen molar-refractivity contribution in [1.82, 2.24) is 9.62 Å². The smallest absolute Gasteiger partial charge is 0.246 e. The Balaban J connectivity index is 1.73. The minimum atomic E-state index is -3.70. The standard InChI is InChI=1S/C20H30N2O4S/c1-15-10-11-18(26-2)19(13-15)27(24,25)22-12-6-7-16(14-22)20(23)21-17-8-4-3-5-9-17/h10-11,13,16-17H,3-9,12,14H2,1-2H3,(H,21,23)/t16-/m1/s1. The first-order chi connectivity index (χ1) is 12.9. The highest BCUT2D eigenvalue weighted by Crippen LogP contribution is 2.31. The molecule has 1 aliphatic carbocycles. The van der Waals surface area contributed by atoms with Crippen LogP contribution in [0.25, 0.3) is 0 Å². The van der Waals surface area contributed by atoms with E-state index in [0.717, 1.165) is 37.7 Å². The molecule has 1 aromatic rings. The summed E-state index contributed by atoms with van der Waals surface area (Å²) in [7, 11) is -2.23. The number of nitrogens with one attached hydrogen (secondary N) is 1. The molecule has 2 aliphatic rings. The topological polar surface area (TPSA) is 75.7 Å². The van der Waals surface area contributed by atoms with Gasteiger partial charge in [-0.15, -0.1) is 0 Å². The summed E-state index contributed by atoms with van der Waals surface area (Å²) >= 11 is 0. The number of benzene rings is 1. The van der Waals surface area contributed by atoms with Crippen molar-refractivity contribution < 1.29 is 17.9 Å². The van der Waals surface area contributed by atoms with Crippen molar-refractivity contribution in [2.45, 2.75) is 62.8 Å². The molecule has 6 nitrogen and oxygen atoms in total. The molecule has 1 aliphatic heterocycles. The number of aryl methyl sites for hydroxylation is 1. The third kappa shape index (κ3) is 4.63. The maximum atomic E-state index is 13.2. The van der Waals surface area contributed by atoms with Crippen molar-refractivity contribution in [1.29, 1.82) is 0 Å².